The Balaban J connectivity index is 1.34. The molecule has 0 radical (unpaired) electrons. The molecule has 5 rings (SSSR count). The van der Waals surface area contributed by atoms with E-state index in [2.05, 4.69) is 21.3 Å². The number of fused-ring (bicyclic) bond motifs is 3. The maximum absolute atomic E-state index is 12.7. The van der Waals surface area contributed by atoms with Gasteiger partial charge in [0.1, 0.15) is 11.3 Å². The molecule has 2 aliphatic rings. The molecule has 182 valence electrons. The summed E-state index contributed by atoms with van der Waals surface area (Å²) in [5.41, 5.74) is 4.92. The van der Waals surface area contributed by atoms with Crippen LogP contribution in [0.25, 0.3) is 0 Å². The molecule has 0 aromatic heterocycles. The highest BCUT2D eigenvalue weighted by atomic mass is 16.5. The molecule has 0 saturated heterocycles. The van der Waals surface area contributed by atoms with Crippen LogP contribution in [-0.4, -0.2) is 24.9 Å². The van der Waals surface area contributed by atoms with Crippen LogP contribution in [-0.2, 0) is 10.3 Å². The Morgan fingerprint density at radius 2 is 1.86 bits per heavy atom. The first-order valence-corrected chi connectivity index (χ1v) is 11.6. The van der Waals surface area contributed by atoms with Crippen LogP contribution >= 0.6 is 0 Å². The molecule has 3 aromatic carbocycles. The molecule has 1 unspecified atom stereocenters. The minimum atomic E-state index is -0.702. The molecule has 2 heterocycles. The number of ether oxygens (including phenoxy) is 1. The van der Waals surface area contributed by atoms with Gasteiger partial charge >= 0.3 is 0 Å². The molecule has 1 atom stereocenters. The van der Waals surface area contributed by atoms with Gasteiger partial charge in [-0.05, 0) is 67.4 Å². The van der Waals surface area contributed by atoms with Crippen molar-refractivity contribution in [2.45, 2.75) is 25.8 Å². The fourth-order valence-electron chi connectivity index (χ4n) is 4.44. The van der Waals surface area contributed by atoms with Gasteiger partial charge in [-0.3, -0.25) is 9.59 Å². The van der Waals surface area contributed by atoms with Crippen molar-refractivity contribution in [2.24, 2.45) is 4.99 Å². The van der Waals surface area contributed by atoms with Gasteiger partial charge in [0.05, 0.1) is 13.5 Å². The minimum Gasteiger partial charge on any atom is -0.497 e. The molecule has 2 aliphatic heterocycles. The molecular weight excluding hydrogens is 454 g/mol. The van der Waals surface area contributed by atoms with Crippen molar-refractivity contribution in [3.63, 3.8) is 0 Å². The van der Waals surface area contributed by atoms with E-state index in [0.29, 0.717) is 23.0 Å². The number of aryl methyl sites for hydroxylation is 1. The summed E-state index contributed by atoms with van der Waals surface area (Å²) in [5, 5.41) is 12.3. The van der Waals surface area contributed by atoms with E-state index in [9.17, 15) is 9.59 Å². The zero-order chi connectivity index (χ0) is 25.3. The quantitative estimate of drug-likeness (QED) is 0.430. The third-order valence-electron chi connectivity index (χ3n) is 6.41. The van der Waals surface area contributed by atoms with Crippen LogP contribution in [0.1, 0.15) is 34.8 Å². The molecular formula is C28H27N5O3. The Hall–Kier alpha value is -4.59. The lowest BCUT2D eigenvalue weighted by Gasteiger charge is -2.32. The number of hydrogen-bond acceptors (Lipinski definition) is 6. The van der Waals surface area contributed by atoms with Crippen LogP contribution in [0, 0.1) is 6.92 Å². The molecule has 0 fully saturated rings. The number of anilines is 3. The van der Waals surface area contributed by atoms with Crippen molar-refractivity contribution < 1.29 is 14.3 Å². The van der Waals surface area contributed by atoms with E-state index >= 15 is 0 Å². The summed E-state index contributed by atoms with van der Waals surface area (Å²) in [4.78, 5) is 30.1. The van der Waals surface area contributed by atoms with Crippen molar-refractivity contribution in [3.05, 3.63) is 95.2 Å². The lowest BCUT2D eigenvalue weighted by molar-refractivity contribution is -0.115. The summed E-state index contributed by atoms with van der Waals surface area (Å²) in [5.74, 6) is 0.944. The fraction of sp³-hybridized carbons (Fsp3) is 0.179. The number of hydrogen-bond donors (Lipinski definition) is 4. The predicted molar refractivity (Wildman–Crippen MR) is 141 cm³/mol. The Morgan fingerprint density at radius 1 is 1.06 bits per heavy atom. The van der Waals surface area contributed by atoms with Gasteiger partial charge < -0.3 is 26.0 Å². The molecule has 3 aromatic rings. The largest absolute Gasteiger partial charge is 0.497 e. The SMILES string of the molecule is COc1cccc(NC(=O)c2ccc(NC3=NC4(C)C(=CN3)CC(=O)Nc3cc(C)ccc34)cc2)c1. The third-order valence-corrected chi connectivity index (χ3v) is 6.41. The van der Waals surface area contributed by atoms with Gasteiger partial charge in [0.2, 0.25) is 11.9 Å². The highest BCUT2D eigenvalue weighted by Crippen LogP contribution is 2.43. The molecule has 0 saturated carbocycles. The van der Waals surface area contributed by atoms with E-state index in [-0.39, 0.29) is 18.2 Å². The first-order chi connectivity index (χ1) is 17.3. The minimum absolute atomic E-state index is 0.0620. The number of amides is 2. The first kappa shape index (κ1) is 23.2. The smallest absolute Gasteiger partial charge is 0.255 e. The summed E-state index contributed by atoms with van der Waals surface area (Å²) in [6, 6.07) is 20.4. The van der Waals surface area contributed by atoms with Crippen molar-refractivity contribution in [2.75, 3.05) is 23.1 Å². The standard InChI is InChI=1S/C28H27N5O3/c1-17-7-12-23-24(13-17)32-25(34)14-19-16-29-27(33-28(19,23)2)31-20-10-8-18(9-11-20)26(35)30-21-5-4-6-22(15-21)36-3/h4-13,15-16H,14H2,1-3H3,(H,30,35)(H,32,34)(H2,29,31,33). The van der Waals surface area contributed by atoms with Gasteiger partial charge in [-0.25, -0.2) is 4.99 Å². The monoisotopic (exact) mass is 481 g/mol. The molecule has 0 spiro atoms. The summed E-state index contributed by atoms with van der Waals surface area (Å²) < 4.78 is 5.21. The van der Waals surface area contributed by atoms with Gasteiger partial charge in [-0.1, -0.05) is 18.2 Å². The van der Waals surface area contributed by atoms with Gasteiger partial charge in [0.25, 0.3) is 5.91 Å². The number of carbonyl (C=O) groups is 2. The van der Waals surface area contributed by atoms with Crippen LogP contribution in [0.2, 0.25) is 0 Å². The van der Waals surface area contributed by atoms with E-state index in [4.69, 9.17) is 9.73 Å². The Bertz CT molecular complexity index is 1410. The lowest BCUT2D eigenvalue weighted by atomic mass is 9.82. The van der Waals surface area contributed by atoms with Crippen LogP contribution < -0.4 is 26.0 Å². The number of nitrogens with one attached hydrogen (secondary N) is 4. The fourth-order valence-corrected chi connectivity index (χ4v) is 4.44. The number of rotatable bonds is 4. The summed E-state index contributed by atoms with van der Waals surface area (Å²) >= 11 is 0. The number of benzene rings is 3. The van der Waals surface area contributed by atoms with Crippen molar-refractivity contribution in [1.82, 2.24) is 5.32 Å². The topological polar surface area (TPSA) is 104 Å². The van der Waals surface area contributed by atoms with E-state index < -0.39 is 5.54 Å². The van der Waals surface area contributed by atoms with E-state index in [1.807, 2.05) is 68.6 Å². The second kappa shape index (κ2) is 9.22. The summed E-state index contributed by atoms with van der Waals surface area (Å²) in [6.07, 6.45) is 2.10. The summed E-state index contributed by atoms with van der Waals surface area (Å²) in [6.45, 7) is 4.01. The second-order valence-electron chi connectivity index (χ2n) is 9.01. The molecule has 2 amide bonds. The van der Waals surface area contributed by atoms with E-state index in [1.54, 1.807) is 25.3 Å². The molecule has 36 heavy (non-hydrogen) atoms. The van der Waals surface area contributed by atoms with E-state index in [0.717, 1.165) is 28.1 Å². The molecule has 8 nitrogen and oxygen atoms in total. The predicted octanol–water partition coefficient (Wildman–Crippen LogP) is 4.77. The second-order valence-corrected chi connectivity index (χ2v) is 9.01. The Kier molecular flexibility index (Phi) is 5.93. The average molecular weight is 482 g/mol. The molecule has 8 heteroatoms. The first-order valence-electron chi connectivity index (χ1n) is 11.6. The highest BCUT2D eigenvalue weighted by Gasteiger charge is 2.39. The number of aliphatic imine (C=N–C) groups is 1. The van der Waals surface area contributed by atoms with Crippen LogP contribution in [0.5, 0.6) is 5.75 Å². The maximum Gasteiger partial charge on any atom is 0.255 e. The normalized spacial score (nSPS) is 18.2. The van der Waals surface area contributed by atoms with E-state index in [1.165, 1.54) is 0 Å². The Labute approximate surface area is 209 Å². The van der Waals surface area contributed by atoms with Gasteiger partial charge in [-0.2, -0.15) is 0 Å². The number of nitrogens with zero attached hydrogens (tertiary/aromatic N) is 1. The zero-order valence-electron chi connectivity index (χ0n) is 20.3. The third kappa shape index (κ3) is 4.53. The van der Waals surface area contributed by atoms with Crippen LogP contribution in [0.3, 0.4) is 0 Å². The summed E-state index contributed by atoms with van der Waals surface area (Å²) in [7, 11) is 1.58. The molecule has 4 N–H and O–H groups in total. The zero-order valence-corrected chi connectivity index (χ0v) is 20.3. The number of guanidine groups is 1. The average Bonchev–Trinajstić information content (AvgIpc) is 2.96. The van der Waals surface area contributed by atoms with Crippen molar-refractivity contribution in [1.29, 1.82) is 0 Å². The molecule has 0 aliphatic carbocycles. The molecule has 0 bridgehead atoms. The number of methoxy groups -OCH3 is 1. The van der Waals surface area contributed by atoms with Crippen LogP contribution in [0.4, 0.5) is 17.1 Å². The van der Waals surface area contributed by atoms with Crippen molar-refractivity contribution in [3.8, 4) is 5.75 Å². The Morgan fingerprint density at radius 3 is 2.64 bits per heavy atom. The highest BCUT2D eigenvalue weighted by molar-refractivity contribution is 6.05. The lowest BCUT2D eigenvalue weighted by Crippen LogP contribution is -2.38. The van der Waals surface area contributed by atoms with Gasteiger partial charge in [-0.15, -0.1) is 0 Å². The van der Waals surface area contributed by atoms with Crippen LogP contribution in [0.15, 0.2) is 83.5 Å². The van der Waals surface area contributed by atoms with Crippen molar-refractivity contribution >= 4 is 34.8 Å². The van der Waals surface area contributed by atoms with Gasteiger partial charge in [0, 0.05) is 40.5 Å². The number of carbonyl (C=O) groups excluding carboxylic acids is 2. The van der Waals surface area contributed by atoms with Gasteiger partial charge in [0.15, 0.2) is 0 Å². The maximum atomic E-state index is 12.7.